The lowest BCUT2D eigenvalue weighted by molar-refractivity contribution is 0.310. The summed E-state index contributed by atoms with van der Waals surface area (Å²) < 4.78 is 0. The van der Waals surface area contributed by atoms with Gasteiger partial charge in [0.1, 0.15) is 0 Å². The zero-order chi connectivity index (χ0) is 8.67. The van der Waals surface area contributed by atoms with Crippen LogP contribution < -0.4 is 5.32 Å². The lowest BCUT2D eigenvalue weighted by Crippen LogP contribution is -2.22. The van der Waals surface area contributed by atoms with E-state index in [4.69, 9.17) is 0 Å². The molecule has 3 aliphatic carbocycles. The van der Waals surface area contributed by atoms with E-state index in [1.54, 1.807) is 25.7 Å². The fraction of sp³-hybridized carbons (Fsp3) is 1.00. The monoisotopic (exact) mass is 179 g/mol. The lowest BCUT2D eigenvalue weighted by Gasteiger charge is -2.21. The first kappa shape index (κ1) is 8.28. The van der Waals surface area contributed by atoms with E-state index < -0.39 is 0 Å². The normalized spacial score (nSPS) is 42.9. The van der Waals surface area contributed by atoms with Gasteiger partial charge in [-0.25, -0.2) is 0 Å². The van der Waals surface area contributed by atoms with Gasteiger partial charge in [0.2, 0.25) is 0 Å². The van der Waals surface area contributed by atoms with Crippen LogP contribution in [0.5, 0.6) is 0 Å². The molecule has 0 aromatic rings. The van der Waals surface area contributed by atoms with Crippen molar-refractivity contribution >= 4 is 0 Å². The van der Waals surface area contributed by atoms with Crippen molar-refractivity contribution in [2.45, 2.75) is 51.0 Å². The topological polar surface area (TPSA) is 12.0 Å². The summed E-state index contributed by atoms with van der Waals surface area (Å²) in [5.74, 6) is 3.37. The van der Waals surface area contributed by atoms with E-state index in [9.17, 15) is 0 Å². The molecule has 1 N–H and O–H groups in total. The molecule has 0 unspecified atom stereocenters. The van der Waals surface area contributed by atoms with Gasteiger partial charge in [0, 0.05) is 6.04 Å². The van der Waals surface area contributed by atoms with E-state index in [-0.39, 0.29) is 0 Å². The Morgan fingerprint density at radius 1 is 1.00 bits per heavy atom. The van der Waals surface area contributed by atoms with Crippen molar-refractivity contribution < 1.29 is 0 Å². The van der Waals surface area contributed by atoms with Crippen molar-refractivity contribution in [2.24, 2.45) is 17.8 Å². The molecule has 0 amide bonds. The van der Waals surface area contributed by atoms with Crippen LogP contribution in [0.3, 0.4) is 0 Å². The molecule has 3 saturated carbocycles. The molecule has 0 aromatic heterocycles. The highest BCUT2D eigenvalue weighted by Crippen LogP contribution is 2.49. The first-order valence-corrected chi connectivity index (χ1v) is 6.15. The Morgan fingerprint density at radius 2 is 1.92 bits per heavy atom. The zero-order valence-electron chi connectivity index (χ0n) is 8.47. The Bertz CT molecular complexity index is 186. The fourth-order valence-electron chi connectivity index (χ4n) is 3.49. The van der Waals surface area contributed by atoms with E-state index >= 15 is 0 Å². The van der Waals surface area contributed by atoms with Gasteiger partial charge >= 0.3 is 0 Å². The van der Waals surface area contributed by atoms with Gasteiger partial charge in [-0.1, -0.05) is 6.42 Å². The molecular weight excluding hydrogens is 158 g/mol. The summed E-state index contributed by atoms with van der Waals surface area (Å²) in [4.78, 5) is 0. The van der Waals surface area contributed by atoms with Gasteiger partial charge in [0.15, 0.2) is 0 Å². The van der Waals surface area contributed by atoms with Crippen molar-refractivity contribution in [1.82, 2.24) is 5.32 Å². The van der Waals surface area contributed by atoms with Gasteiger partial charge in [-0.15, -0.1) is 0 Å². The molecular formula is C12H21N. The molecule has 3 fully saturated rings. The highest BCUT2D eigenvalue weighted by Gasteiger charge is 2.38. The molecule has 0 heterocycles. The minimum atomic E-state index is 0.915. The summed E-state index contributed by atoms with van der Waals surface area (Å²) in [6.07, 6.45) is 10.6. The molecule has 3 aliphatic rings. The number of hydrogen-bond donors (Lipinski definition) is 1. The van der Waals surface area contributed by atoms with Gasteiger partial charge in [-0.2, -0.15) is 0 Å². The van der Waals surface area contributed by atoms with Gasteiger partial charge < -0.3 is 5.32 Å². The van der Waals surface area contributed by atoms with Crippen LogP contribution in [0.15, 0.2) is 0 Å². The molecule has 0 radical (unpaired) electrons. The standard InChI is InChI=1S/C12H21N/c1-2-10-7-9(1)8-11(10)5-6-13-12-3-4-12/h9-13H,1-8H2/t9-,10+,11-/m0/s1. The summed E-state index contributed by atoms with van der Waals surface area (Å²) in [5, 5.41) is 3.64. The second kappa shape index (κ2) is 3.27. The van der Waals surface area contributed by atoms with Crippen LogP contribution in [0.2, 0.25) is 0 Å². The van der Waals surface area contributed by atoms with Crippen LogP contribution in [0.4, 0.5) is 0 Å². The average molecular weight is 179 g/mol. The largest absolute Gasteiger partial charge is 0.314 e. The van der Waals surface area contributed by atoms with Crippen molar-refractivity contribution in [1.29, 1.82) is 0 Å². The van der Waals surface area contributed by atoms with Crippen molar-refractivity contribution in [3.63, 3.8) is 0 Å². The maximum Gasteiger partial charge on any atom is 0.00682 e. The molecule has 3 rings (SSSR count). The van der Waals surface area contributed by atoms with Gasteiger partial charge in [0.25, 0.3) is 0 Å². The lowest BCUT2D eigenvalue weighted by atomic mass is 9.86. The summed E-state index contributed by atoms with van der Waals surface area (Å²) >= 11 is 0. The third kappa shape index (κ3) is 1.76. The predicted octanol–water partition coefficient (Wildman–Crippen LogP) is 2.56. The third-order valence-electron chi connectivity index (χ3n) is 4.41. The fourth-order valence-corrected chi connectivity index (χ4v) is 3.49. The molecule has 13 heavy (non-hydrogen) atoms. The summed E-state index contributed by atoms with van der Waals surface area (Å²) in [6, 6.07) is 0.915. The predicted molar refractivity (Wildman–Crippen MR) is 54.6 cm³/mol. The first-order valence-electron chi connectivity index (χ1n) is 6.15. The van der Waals surface area contributed by atoms with Crippen molar-refractivity contribution in [2.75, 3.05) is 6.54 Å². The van der Waals surface area contributed by atoms with Gasteiger partial charge in [-0.3, -0.25) is 0 Å². The SMILES string of the molecule is C(C[C@H]1C[C@H]2CC[C@@H]1C2)NC1CC1. The number of rotatable bonds is 4. The second-order valence-electron chi connectivity index (χ2n) is 5.45. The maximum atomic E-state index is 3.64. The van der Waals surface area contributed by atoms with Crippen molar-refractivity contribution in [3.8, 4) is 0 Å². The van der Waals surface area contributed by atoms with E-state index in [0.29, 0.717) is 0 Å². The average Bonchev–Trinajstić information content (AvgIpc) is 2.74. The van der Waals surface area contributed by atoms with Crippen molar-refractivity contribution in [3.05, 3.63) is 0 Å². The Balaban J connectivity index is 1.40. The molecule has 0 saturated heterocycles. The van der Waals surface area contributed by atoms with Crippen LogP contribution in [-0.2, 0) is 0 Å². The Morgan fingerprint density at radius 3 is 2.54 bits per heavy atom. The highest BCUT2D eigenvalue weighted by molar-refractivity contribution is 4.90. The van der Waals surface area contributed by atoms with E-state index in [1.165, 1.54) is 25.8 Å². The molecule has 0 spiro atoms. The van der Waals surface area contributed by atoms with Crippen LogP contribution >= 0.6 is 0 Å². The van der Waals surface area contributed by atoms with Crippen LogP contribution in [0, 0.1) is 17.8 Å². The molecule has 1 nitrogen and oxygen atoms in total. The van der Waals surface area contributed by atoms with Crippen LogP contribution in [0.1, 0.15) is 44.9 Å². The number of hydrogen-bond acceptors (Lipinski definition) is 1. The molecule has 0 aromatic carbocycles. The van der Waals surface area contributed by atoms with Gasteiger partial charge in [0.05, 0.1) is 0 Å². The Kier molecular flexibility index (Phi) is 2.08. The number of fused-ring (bicyclic) bond motifs is 2. The molecule has 3 atom stereocenters. The summed E-state index contributed by atoms with van der Waals surface area (Å²) in [5.41, 5.74) is 0. The van der Waals surface area contributed by atoms with Crippen LogP contribution in [0.25, 0.3) is 0 Å². The van der Waals surface area contributed by atoms with Crippen LogP contribution in [-0.4, -0.2) is 12.6 Å². The zero-order valence-corrected chi connectivity index (χ0v) is 8.47. The van der Waals surface area contributed by atoms with E-state index in [1.807, 2.05) is 0 Å². The van der Waals surface area contributed by atoms with E-state index in [0.717, 1.165) is 23.8 Å². The second-order valence-corrected chi connectivity index (χ2v) is 5.45. The quantitative estimate of drug-likeness (QED) is 0.699. The number of nitrogens with one attached hydrogen (secondary N) is 1. The Hall–Kier alpha value is -0.0400. The Labute approximate surface area is 81.3 Å². The molecule has 1 heteroatoms. The highest BCUT2D eigenvalue weighted by atomic mass is 14.9. The third-order valence-corrected chi connectivity index (χ3v) is 4.41. The molecule has 74 valence electrons. The van der Waals surface area contributed by atoms with Gasteiger partial charge in [-0.05, 0) is 62.8 Å². The first-order chi connectivity index (χ1) is 6.42. The summed E-state index contributed by atoms with van der Waals surface area (Å²) in [7, 11) is 0. The minimum absolute atomic E-state index is 0.915. The summed E-state index contributed by atoms with van der Waals surface area (Å²) in [6.45, 7) is 1.30. The van der Waals surface area contributed by atoms with E-state index in [2.05, 4.69) is 5.32 Å². The molecule has 2 bridgehead atoms. The molecule has 0 aliphatic heterocycles. The minimum Gasteiger partial charge on any atom is -0.314 e. The maximum absolute atomic E-state index is 3.64. The smallest absolute Gasteiger partial charge is 0.00682 e.